The molecule has 1 atom stereocenters. The summed E-state index contributed by atoms with van der Waals surface area (Å²) in [5.41, 5.74) is 0. The van der Waals surface area contributed by atoms with Gasteiger partial charge in [-0.2, -0.15) is 8.57 Å². The molecule has 1 unspecified atom stereocenters. The molecule has 0 aromatic rings. The summed E-state index contributed by atoms with van der Waals surface area (Å²) in [5, 5.41) is -4.71. The first kappa shape index (κ1) is 15.0. The SMILES string of the molecule is FC(Cl)(OS(F)(F)(F)(F)F)C(Cl)(Cl)Cl. The Morgan fingerprint density at radius 1 is 0.857 bits per heavy atom. The molecule has 0 aromatic heterocycles. The van der Waals surface area contributed by atoms with Crippen molar-refractivity contribution in [3.8, 4) is 0 Å². The largest absolute Gasteiger partial charge is 0.401 e. The summed E-state index contributed by atoms with van der Waals surface area (Å²) in [5.74, 6) is 0. The maximum Gasteiger partial charge on any atom is 0.401 e. The van der Waals surface area contributed by atoms with Gasteiger partial charge in [0, 0.05) is 0 Å². The van der Waals surface area contributed by atoms with Crippen LogP contribution in [0.5, 0.6) is 0 Å². The Morgan fingerprint density at radius 3 is 1.21 bits per heavy atom. The van der Waals surface area contributed by atoms with E-state index in [2.05, 4.69) is 46.4 Å². The minimum atomic E-state index is -10.6. The number of hydrogen-bond donors (Lipinski definition) is 0. The predicted octanol–water partition coefficient (Wildman–Crippen LogP) is 5.45. The molecule has 0 aliphatic heterocycles. The van der Waals surface area contributed by atoms with Gasteiger partial charge in [0.25, 0.3) is 3.79 Å². The lowest BCUT2D eigenvalue weighted by Crippen LogP contribution is -2.38. The minimum absolute atomic E-state index is 1.85. The van der Waals surface area contributed by atoms with Gasteiger partial charge in [0.1, 0.15) is 0 Å². The topological polar surface area (TPSA) is 9.23 Å². The van der Waals surface area contributed by atoms with Crippen molar-refractivity contribution in [3.63, 3.8) is 0 Å². The fourth-order valence-corrected chi connectivity index (χ4v) is 1.38. The van der Waals surface area contributed by atoms with E-state index in [9.17, 15) is 23.8 Å². The average molecular weight is 328 g/mol. The van der Waals surface area contributed by atoms with Crippen molar-refractivity contribution in [2.75, 3.05) is 0 Å². The second kappa shape index (κ2) is 2.84. The highest BCUT2D eigenvalue weighted by Crippen LogP contribution is 3.00. The highest BCUT2D eigenvalue weighted by Gasteiger charge is 2.73. The van der Waals surface area contributed by atoms with E-state index in [-0.39, 0.29) is 0 Å². The Morgan fingerprint density at radius 2 is 1.14 bits per heavy atom. The molecule has 0 rings (SSSR count). The maximum absolute atomic E-state index is 12.6. The van der Waals surface area contributed by atoms with Crippen LogP contribution in [0.3, 0.4) is 0 Å². The van der Waals surface area contributed by atoms with Crippen LogP contribution in [0.15, 0.2) is 0 Å². The van der Waals surface area contributed by atoms with Gasteiger partial charge in [0.05, 0.1) is 0 Å². The normalized spacial score (nSPS) is 23.6. The molecule has 1 nitrogen and oxygen atoms in total. The van der Waals surface area contributed by atoms with Crippen molar-refractivity contribution in [2.45, 2.75) is 9.11 Å². The summed E-state index contributed by atoms with van der Waals surface area (Å²) in [7, 11) is -10.6. The van der Waals surface area contributed by atoms with E-state index >= 15 is 0 Å². The van der Waals surface area contributed by atoms with Crippen LogP contribution in [0.1, 0.15) is 0 Å². The molecule has 0 bridgehead atoms. The molecule has 12 heteroatoms. The summed E-state index contributed by atoms with van der Waals surface area (Å²) in [6, 6.07) is 0. The molecule has 0 spiro atoms. The van der Waals surface area contributed by atoms with Gasteiger partial charge in [-0.3, -0.25) is 0 Å². The van der Waals surface area contributed by atoms with Gasteiger partial charge < -0.3 is 0 Å². The first-order chi connectivity index (χ1) is 5.43. The van der Waals surface area contributed by atoms with E-state index in [4.69, 9.17) is 0 Å². The first-order valence-electron chi connectivity index (χ1n) is 2.34. The fraction of sp³-hybridized carbons (Fsp3) is 1.00. The molecule has 0 saturated carbocycles. The molecular weight excluding hydrogens is 328 g/mol. The van der Waals surface area contributed by atoms with Gasteiger partial charge in [0.15, 0.2) is 0 Å². The smallest absolute Gasteiger partial charge is 0.187 e. The molecule has 0 amide bonds. The van der Waals surface area contributed by atoms with Gasteiger partial charge in [-0.15, -0.1) is 0 Å². The standard InChI is InChI=1S/C2Cl4F6OS/c3-1(4,5)2(6,7)13-14(8,9,10,11)12. The van der Waals surface area contributed by atoms with Crippen LogP contribution < -0.4 is 0 Å². The first-order valence-corrected chi connectivity index (χ1v) is 5.73. The van der Waals surface area contributed by atoms with E-state index < -0.39 is 19.6 Å². The summed E-state index contributed by atoms with van der Waals surface area (Å²) in [6.07, 6.45) is 0. The molecule has 0 aliphatic rings. The Kier molecular flexibility index (Phi) is 3.05. The Balaban J connectivity index is 5.08. The molecule has 0 radical (unpaired) electrons. The van der Waals surface area contributed by atoms with Crippen molar-refractivity contribution < 1.29 is 28.0 Å². The predicted molar refractivity (Wildman–Crippen MR) is 44.2 cm³/mol. The van der Waals surface area contributed by atoms with Crippen LogP contribution >= 0.6 is 56.9 Å². The van der Waals surface area contributed by atoms with Crippen LogP contribution in [-0.2, 0) is 4.18 Å². The fourth-order valence-electron chi connectivity index (χ4n) is 0.245. The third-order valence-electron chi connectivity index (χ3n) is 0.592. The van der Waals surface area contributed by atoms with Crippen LogP contribution in [-0.4, -0.2) is 9.11 Å². The zero-order valence-electron chi connectivity index (χ0n) is 5.60. The minimum Gasteiger partial charge on any atom is -0.187 e. The molecule has 0 aromatic carbocycles. The molecule has 0 heterocycles. The van der Waals surface area contributed by atoms with Gasteiger partial charge in [-0.05, 0) is 11.6 Å². The van der Waals surface area contributed by atoms with Crippen molar-refractivity contribution >= 4 is 56.9 Å². The summed E-state index contributed by atoms with van der Waals surface area (Å²) in [4.78, 5) is 0. The van der Waals surface area contributed by atoms with Crippen molar-refractivity contribution in [1.82, 2.24) is 0 Å². The average Bonchev–Trinajstić information content (AvgIpc) is 1.46. The van der Waals surface area contributed by atoms with E-state index in [0.717, 1.165) is 0 Å². The number of alkyl halides is 5. The third-order valence-corrected chi connectivity index (χ3v) is 2.61. The molecule has 0 N–H and O–H groups in total. The lowest BCUT2D eigenvalue weighted by molar-refractivity contribution is -0.0212. The summed E-state index contributed by atoms with van der Waals surface area (Å²) in [6.45, 7) is 0. The van der Waals surface area contributed by atoms with Gasteiger partial charge in [-0.1, -0.05) is 54.2 Å². The van der Waals surface area contributed by atoms with Crippen LogP contribution in [0, 0.1) is 0 Å². The van der Waals surface area contributed by atoms with Crippen LogP contribution in [0.4, 0.5) is 23.8 Å². The van der Waals surface area contributed by atoms with Gasteiger partial charge in [-0.25, -0.2) is 0 Å². The molecule has 0 saturated heterocycles. The summed E-state index contributed by atoms with van der Waals surface area (Å²) < 4.78 is 68.5. The lowest BCUT2D eigenvalue weighted by atomic mass is 10.8. The molecule has 90 valence electrons. The quantitative estimate of drug-likeness (QED) is 0.484. The molecule has 0 aliphatic carbocycles. The number of halogens is 10. The number of hydrogen-bond acceptors (Lipinski definition) is 1. The molecular formula is C2Cl4F6OS. The lowest BCUT2D eigenvalue weighted by Gasteiger charge is -2.43. The zero-order valence-corrected chi connectivity index (χ0v) is 9.44. The molecule has 14 heavy (non-hydrogen) atoms. The van der Waals surface area contributed by atoms with E-state index in [1.54, 1.807) is 0 Å². The molecule has 0 fully saturated rings. The van der Waals surface area contributed by atoms with Crippen LogP contribution in [0.25, 0.3) is 0 Å². The number of rotatable bonds is 2. The highest BCUT2D eigenvalue weighted by atomic mass is 35.6. The van der Waals surface area contributed by atoms with Crippen LogP contribution in [0.2, 0.25) is 0 Å². The third kappa shape index (κ3) is 5.82. The monoisotopic (exact) mass is 326 g/mol. The second-order valence-corrected chi connectivity index (χ2v) is 6.73. The van der Waals surface area contributed by atoms with Crippen molar-refractivity contribution in [2.24, 2.45) is 0 Å². The van der Waals surface area contributed by atoms with Gasteiger partial charge in [0.2, 0.25) is 0 Å². The Hall–Kier alpha value is 1.05. The summed E-state index contributed by atoms with van der Waals surface area (Å²) >= 11 is 17.8. The highest BCUT2D eigenvalue weighted by molar-refractivity contribution is 8.42. The van der Waals surface area contributed by atoms with Crippen molar-refractivity contribution in [1.29, 1.82) is 0 Å². The second-order valence-electron chi connectivity index (χ2n) is 2.00. The Bertz CT molecular complexity index is 239. The maximum atomic E-state index is 12.6. The Labute approximate surface area is 94.1 Å². The van der Waals surface area contributed by atoms with E-state index in [1.807, 2.05) is 4.18 Å². The zero-order chi connectivity index (χ0) is 12.1. The van der Waals surface area contributed by atoms with Gasteiger partial charge >= 0.3 is 15.8 Å². The van der Waals surface area contributed by atoms with E-state index in [0.29, 0.717) is 0 Å². The van der Waals surface area contributed by atoms with Crippen molar-refractivity contribution in [3.05, 3.63) is 0 Å². The van der Waals surface area contributed by atoms with E-state index in [1.165, 1.54) is 0 Å².